The van der Waals surface area contributed by atoms with Crippen molar-refractivity contribution < 1.29 is 18.3 Å². The van der Waals surface area contributed by atoms with Crippen molar-refractivity contribution in [3.05, 3.63) is 27.8 Å². The van der Waals surface area contributed by atoms with E-state index in [1.807, 2.05) is 6.07 Å². The first kappa shape index (κ1) is 16.2. The molecule has 19 heavy (non-hydrogen) atoms. The molecule has 0 aliphatic carbocycles. The Kier molecular flexibility index (Phi) is 6.05. The van der Waals surface area contributed by atoms with E-state index in [1.54, 1.807) is 25.1 Å². The van der Waals surface area contributed by atoms with Gasteiger partial charge in [0.25, 0.3) is 0 Å². The lowest BCUT2D eigenvalue weighted by molar-refractivity contribution is -0.137. The van der Waals surface area contributed by atoms with Crippen LogP contribution in [0.1, 0.15) is 19.8 Å². The number of aliphatic carboxylic acids is 1. The zero-order valence-corrected chi connectivity index (χ0v) is 13.5. The van der Waals surface area contributed by atoms with Crippen LogP contribution in [-0.4, -0.2) is 31.8 Å². The Morgan fingerprint density at radius 1 is 1.42 bits per heavy atom. The number of carbonyl (C=O) groups is 1. The second-order valence-electron chi connectivity index (χ2n) is 3.95. The Morgan fingerprint density at radius 2 is 2.11 bits per heavy atom. The highest BCUT2D eigenvalue weighted by Gasteiger charge is 2.20. The number of halogens is 1. The Morgan fingerprint density at radius 3 is 2.63 bits per heavy atom. The van der Waals surface area contributed by atoms with Crippen molar-refractivity contribution in [1.82, 2.24) is 0 Å². The van der Waals surface area contributed by atoms with E-state index >= 15 is 0 Å². The highest BCUT2D eigenvalue weighted by atomic mass is 127. The first-order valence-electron chi connectivity index (χ1n) is 5.84. The van der Waals surface area contributed by atoms with E-state index in [4.69, 9.17) is 5.11 Å². The van der Waals surface area contributed by atoms with Crippen LogP contribution in [-0.2, 0) is 14.8 Å². The molecule has 1 rings (SSSR count). The summed E-state index contributed by atoms with van der Waals surface area (Å²) in [5.41, 5.74) is 0.583. The van der Waals surface area contributed by atoms with E-state index in [9.17, 15) is 13.2 Å². The van der Waals surface area contributed by atoms with Crippen molar-refractivity contribution in [1.29, 1.82) is 0 Å². The van der Waals surface area contributed by atoms with E-state index < -0.39 is 16.0 Å². The van der Waals surface area contributed by atoms with Crippen molar-refractivity contribution in [2.45, 2.75) is 19.8 Å². The largest absolute Gasteiger partial charge is 0.481 e. The number of nitrogens with zero attached hydrogens (tertiary/aromatic N) is 1. The Labute approximate surface area is 126 Å². The van der Waals surface area contributed by atoms with E-state index in [0.29, 0.717) is 12.1 Å². The normalized spacial score (nSPS) is 11.3. The molecular formula is C12H16INO4S. The molecule has 7 heteroatoms. The summed E-state index contributed by atoms with van der Waals surface area (Å²) in [7, 11) is -3.39. The van der Waals surface area contributed by atoms with Crippen molar-refractivity contribution in [3.63, 3.8) is 0 Å². The van der Waals surface area contributed by atoms with Crippen molar-refractivity contribution >= 4 is 44.3 Å². The van der Waals surface area contributed by atoms with Crippen LogP contribution in [0.5, 0.6) is 0 Å². The first-order chi connectivity index (χ1) is 8.86. The maximum absolute atomic E-state index is 12.1. The third-order valence-corrected chi connectivity index (χ3v) is 5.01. The van der Waals surface area contributed by atoms with Gasteiger partial charge in [-0.15, -0.1) is 0 Å². The van der Waals surface area contributed by atoms with E-state index in [1.165, 1.54) is 4.31 Å². The minimum absolute atomic E-state index is 0.00839. The fourth-order valence-electron chi connectivity index (χ4n) is 1.59. The minimum Gasteiger partial charge on any atom is -0.481 e. The minimum atomic E-state index is -3.39. The van der Waals surface area contributed by atoms with Gasteiger partial charge in [0.15, 0.2) is 0 Å². The van der Waals surface area contributed by atoms with Crippen LogP contribution in [0.15, 0.2) is 24.3 Å². The number of carboxylic acids is 1. The molecule has 0 saturated carbocycles. The van der Waals surface area contributed by atoms with Crippen LogP contribution < -0.4 is 4.31 Å². The third kappa shape index (κ3) is 4.98. The van der Waals surface area contributed by atoms with Gasteiger partial charge in [0, 0.05) is 16.5 Å². The van der Waals surface area contributed by atoms with Gasteiger partial charge < -0.3 is 5.11 Å². The first-order valence-corrected chi connectivity index (χ1v) is 8.53. The van der Waals surface area contributed by atoms with Crippen LogP contribution in [0.25, 0.3) is 0 Å². The molecule has 0 spiro atoms. The lowest BCUT2D eigenvalue weighted by atomic mass is 10.3. The zero-order chi connectivity index (χ0) is 14.5. The van der Waals surface area contributed by atoms with Gasteiger partial charge in [-0.05, 0) is 54.1 Å². The van der Waals surface area contributed by atoms with Crippen molar-refractivity contribution in [2.24, 2.45) is 0 Å². The topological polar surface area (TPSA) is 74.7 Å². The average Bonchev–Trinajstić information content (AvgIpc) is 2.34. The monoisotopic (exact) mass is 397 g/mol. The maximum atomic E-state index is 12.1. The van der Waals surface area contributed by atoms with Crippen molar-refractivity contribution in [2.75, 3.05) is 16.6 Å². The molecule has 0 saturated heterocycles. The standard InChI is InChI=1S/C12H16INO4S/c1-2-19(17,18)14(8-4-7-12(15)16)11-6-3-5-10(13)9-11/h3,5-6,9H,2,4,7-8H2,1H3,(H,15,16). The molecule has 0 unspecified atom stereocenters. The van der Waals surface area contributed by atoms with E-state index in [0.717, 1.165) is 3.57 Å². The van der Waals surface area contributed by atoms with Gasteiger partial charge in [-0.3, -0.25) is 9.10 Å². The molecule has 0 aromatic heterocycles. The van der Waals surface area contributed by atoms with Crippen LogP contribution in [0.3, 0.4) is 0 Å². The van der Waals surface area contributed by atoms with Gasteiger partial charge in [0.1, 0.15) is 0 Å². The number of carboxylic acid groups (broad SMARTS) is 1. The van der Waals surface area contributed by atoms with E-state index in [-0.39, 0.29) is 18.7 Å². The summed E-state index contributed by atoms with van der Waals surface area (Å²) in [5.74, 6) is -0.928. The summed E-state index contributed by atoms with van der Waals surface area (Å²) < 4.78 is 26.4. The Balaban J connectivity index is 2.96. The van der Waals surface area contributed by atoms with Gasteiger partial charge in [-0.2, -0.15) is 0 Å². The predicted octanol–water partition coefficient (Wildman–Crippen LogP) is 2.31. The van der Waals surface area contributed by atoms with E-state index in [2.05, 4.69) is 22.6 Å². The molecule has 1 N–H and O–H groups in total. The Hall–Kier alpha value is -0.830. The number of benzene rings is 1. The van der Waals surface area contributed by atoms with Gasteiger partial charge in [-0.25, -0.2) is 8.42 Å². The molecule has 0 aliphatic rings. The summed E-state index contributed by atoms with van der Waals surface area (Å²) >= 11 is 2.11. The summed E-state index contributed by atoms with van der Waals surface area (Å²) in [6, 6.07) is 7.15. The molecule has 0 aliphatic heterocycles. The molecule has 0 radical (unpaired) electrons. The molecule has 106 valence electrons. The lowest BCUT2D eigenvalue weighted by Gasteiger charge is -2.23. The third-order valence-electron chi connectivity index (χ3n) is 2.55. The second-order valence-corrected chi connectivity index (χ2v) is 7.38. The Bertz CT molecular complexity index is 544. The van der Waals surface area contributed by atoms with Gasteiger partial charge in [0.05, 0.1) is 11.4 Å². The molecule has 0 atom stereocenters. The average molecular weight is 397 g/mol. The smallest absolute Gasteiger partial charge is 0.303 e. The number of rotatable bonds is 7. The number of anilines is 1. The summed E-state index contributed by atoms with van der Waals surface area (Å²) in [6.45, 7) is 1.76. The molecule has 5 nitrogen and oxygen atoms in total. The molecule has 0 bridgehead atoms. The lowest BCUT2D eigenvalue weighted by Crippen LogP contribution is -2.33. The van der Waals surface area contributed by atoms with Crippen LogP contribution >= 0.6 is 22.6 Å². The summed E-state index contributed by atoms with van der Waals surface area (Å²) in [6.07, 6.45) is 0.250. The highest BCUT2D eigenvalue weighted by Crippen LogP contribution is 2.21. The molecule has 0 amide bonds. The quantitative estimate of drug-likeness (QED) is 0.717. The molecule has 1 aromatic carbocycles. The predicted molar refractivity (Wildman–Crippen MR) is 82.8 cm³/mol. The number of sulfonamides is 1. The molecular weight excluding hydrogens is 381 g/mol. The fourth-order valence-corrected chi connectivity index (χ4v) is 3.27. The highest BCUT2D eigenvalue weighted by molar-refractivity contribution is 14.1. The van der Waals surface area contributed by atoms with Crippen molar-refractivity contribution in [3.8, 4) is 0 Å². The molecule has 1 aromatic rings. The molecule has 0 heterocycles. The van der Waals surface area contributed by atoms with Crippen LogP contribution in [0, 0.1) is 3.57 Å². The van der Waals surface area contributed by atoms with Gasteiger partial charge in [-0.1, -0.05) is 6.07 Å². The maximum Gasteiger partial charge on any atom is 0.303 e. The summed E-state index contributed by atoms with van der Waals surface area (Å²) in [5, 5.41) is 8.63. The van der Waals surface area contributed by atoms with Crippen LogP contribution in [0.4, 0.5) is 5.69 Å². The fraction of sp³-hybridized carbons (Fsp3) is 0.417. The molecule has 0 fully saturated rings. The van der Waals surface area contributed by atoms with Gasteiger partial charge in [0.2, 0.25) is 10.0 Å². The SMILES string of the molecule is CCS(=O)(=O)N(CCCC(=O)O)c1cccc(I)c1. The second kappa shape index (κ2) is 7.09. The van der Waals surface area contributed by atoms with Crippen LogP contribution in [0.2, 0.25) is 0 Å². The van der Waals surface area contributed by atoms with Gasteiger partial charge >= 0.3 is 5.97 Å². The summed E-state index contributed by atoms with van der Waals surface area (Å²) in [4.78, 5) is 10.5. The number of hydrogen-bond acceptors (Lipinski definition) is 3. The zero-order valence-electron chi connectivity index (χ0n) is 10.5. The number of hydrogen-bond donors (Lipinski definition) is 1.